The van der Waals surface area contributed by atoms with E-state index in [4.69, 9.17) is 4.42 Å². The van der Waals surface area contributed by atoms with Crippen LogP contribution in [0.2, 0.25) is 0 Å². The molecule has 3 aromatic rings. The van der Waals surface area contributed by atoms with E-state index < -0.39 is 0 Å². The van der Waals surface area contributed by atoms with E-state index in [-0.39, 0.29) is 17.9 Å². The van der Waals surface area contributed by atoms with Crippen LogP contribution in [0, 0.1) is 0 Å². The van der Waals surface area contributed by atoms with Crippen LogP contribution >= 0.6 is 0 Å². The quantitative estimate of drug-likeness (QED) is 0.601. The summed E-state index contributed by atoms with van der Waals surface area (Å²) in [5.41, 5.74) is 3.50. The van der Waals surface area contributed by atoms with E-state index in [1.807, 2.05) is 31.2 Å². The van der Waals surface area contributed by atoms with E-state index in [1.165, 1.54) is 6.08 Å². The highest BCUT2D eigenvalue weighted by Gasteiger charge is 2.23. The van der Waals surface area contributed by atoms with Gasteiger partial charge in [-0.3, -0.25) is 9.59 Å². The van der Waals surface area contributed by atoms with Crippen molar-refractivity contribution < 1.29 is 14.0 Å². The number of anilines is 2. The second kappa shape index (κ2) is 8.63. The number of nitrogens with zero attached hydrogens (tertiary/aromatic N) is 2. The van der Waals surface area contributed by atoms with Crippen LogP contribution in [0.25, 0.3) is 17.0 Å². The van der Waals surface area contributed by atoms with Gasteiger partial charge in [0.15, 0.2) is 5.82 Å². The van der Waals surface area contributed by atoms with Gasteiger partial charge in [-0.2, -0.15) is 0 Å². The number of hydrogen-bond acceptors (Lipinski definition) is 5. The van der Waals surface area contributed by atoms with E-state index in [0.29, 0.717) is 18.8 Å². The van der Waals surface area contributed by atoms with Crippen molar-refractivity contribution in [3.05, 3.63) is 59.5 Å². The fraction of sp³-hybridized carbons (Fsp3) is 0.292. The van der Waals surface area contributed by atoms with Crippen molar-refractivity contribution in [1.29, 1.82) is 0 Å². The maximum Gasteiger partial charge on any atom is 0.246 e. The van der Waals surface area contributed by atoms with Gasteiger partial charge in [-0.05, 0) is 37.1 Å². The van der Waals surface area contributed by atoms with Crippen molar-refractivity contribution in [2.45, 2.75) is 32.7 Å². The summed E-state index contributed by atoms with van der Waals surface area (Å²) in [6.07, 6.45) is 6.12. The van der Waals surface area contributed by atoms with E-state index >= 15 is 0 Å². The number of nitrogens with one attached hydrogen (secondary N) is 2. The van der Waals surface area contributed by atoms with E-state index in [0.717, 1.165) is 40.0 Å². The van der Waals surface area contributed by atoms with Crippen LogP contribution in [0.1, 0.15) is 43.2 Å². The minimum Gasteiger partial charge on any atom is -0.459 e. The maximum absolute atomic E-state index is 12.8. The van der Waals surface area contributed by atoms with E-state index in [9.17, 15) is 9.59 Å². The molecule has 3 heterocycles. The summed E-state index contributed by atoms with van der Waals surface area (Å²) in [6, 6.07) is 9.62. The molecule has 0 spiro atoms. The van der Waals surface area contributed by atoms with Crippen LogP contribution in [0.4, 0.5) is 11.5 Å². The molecule has 160 valence electrons. The number of hydrogen-bond donors (Lipinski definition) is 2. The maximum atomic E-state index is 12.8. The van der Waals surface area contributed by atoms with E-state index in [1.54, 1.807) is 24.2 Å². The largest absolute Gasteiger partial charge is 0.459 e. The molecule has 0 fully saturated rings. The first-order valence-electron chi connectivity index (χ1n) is 10.5. The Bertz CT molecular complexity index is 1160. The van der Waals surface area contributed by atoms with Crippen LogP contribution in [0.3, 0.4) is 0 Å². The summed E-state index contributed by atoms with van der Waals surface area (Å²) in [5, 5.41) is 7.05. The number of para-hydroxylation sites is 1. The van der Waals surface area contributed by atoms with Gasteiger partial charge in [0.25, 0.3) is 0 Å². The zero-order valence-electron chi connectivity index (χ0n) is 17.9. The first-order valence-corrected chi connectivity index (χ1v) is 10.5. The van der Waals surface area contributed by atoms with Gasteiger partial charge in [0.1, 0.15) is 11.3 Å². The summed E-state index contributed by atoms with van der Waals surface area (Å²) in [7, 11) is 1.77. The fourth-order valence-corrected chi connectivity index (χ4v) is 3.78. The molecular formula is C24H26N4O3. The average Bonchev–Trinajstić information content (AvgIpc) is 3.05. The van der Waals surface area contributed by atoms with Crippen molar-refractivity contribution in [1.82, 2.24) is 9.88 Å². The van der Waals surface area contributed by atoms with Gasteiger partial charge in [0.2, 0.25) is 11.8 Å². The number of likely N-dealkylation sites (N-methyl/N-ethyl adjacent to an activating group) is 1. The predicted molar refractivity (Wildman–Crippen MR) is 122 cm³/mol. The Morgan fingerprint density at radius 1 is 1.35 bits per heavy atom. The predicted octanol–water partition coefficient (Wildman–Crippen LogP) is 4.38. The highest BCUT2D eigenvalue weighted by atomic mass is 16.3. The lowest BCUT2D eigenvalue weighted by atomic mass is 10.0. The molecule has 1 aliphatic rings. The first-order chi connectivity index (χ1) is 15.0. The summed E-state index contributed by atoms with van der Waals surface area (Å²) >= 11 is 0. The lowest BCUT2D eigenvalue weighted by molar-refractivity contribution is -0.126. The molecule has 2 N–H and O–H groups in total. The van der Waals surface area contributed by atoms with Gasteiger partial charge < -0.3 is 20.0 Å². The fourth-order valence-electron chi connectivity index (χ4n) is 3.78. The molecule has 31 heavy (non-hydrogen) atoms. The van der Waals surface area contributed by atoms with Gasteiger partial charge in [0.05, 0.1) is 11.7 Å². The molecule has 1 aliphatic heterocycles. The Hall–Kier alpha value is -3.61. The average molecular weight is 418 g/mol. The number of fused-ring (bicyclic) bond motifs is 2. The Labute approximate surface area is 181 Å². The van der Waals surface area contributed by atoms with Gasteiger partial charge in [-0.15, -0.1) is 0 Å². The molecule has 4 rings (SSSR count). The summed E-state index contributed by atoms with van der Waals surface area (Å²) in [6.45, 7) is 4.61. The van der Waals surface area contributed by atoms with Gasteiger partial charge in [-0.1, -0.05) is 25.1 Å². The third kappa shape index (κ3) is 4.17. The van der Waals surface area contributed by atoms with Crippen molar-refractivity contribution in [3.63, 3.8) is 0 Å². The molecule has 7 heteroatoms. The van der Waals surface area contributed by atoms with Crippen LogP contribution in [0.15, 0.2) is 47.0 Å². The number of furan rings is 1. The van der Waals surface area contributed by atoms with Crippen LogP contribution in [-0.2, 0) is 16.0 Å². The third-order valence-corrected chi connectivity index (χ3v) is 5.64. The number of aryl methyl sites for hydroxylation is 1. The molecule has 0 radical (unpaired) electrons. The molecule has 0 saturated carbocycles. The zero-order chi connectivity index (χ0) is 22.0. The molecule has 0 aliphatic carbocycles. The van der Waals surface area contributed by atoms with Gasteiger partial charge in [0, 0.05) is 43.2 Å². The first kappa shape index (κ1) is 20.7. The van der Waals surface area contributed by atoms with Crippen LogP contribution in [-0.4, -0.2) is 35.3 Å². The van der Waals surface area contributed by atoms with Gasteiger partial charge in [-0.25, -0.2) is 4.98 Å². The molecule has 7 nitrogen and oxygen atoms in total. The molecule has 2 aromatic heterocycles. The normalized spacial score (nSPS) is 14.6. The van der Waals surface area contributed by atoms with Crippen molar-refractivity contribution in [2.75, 3.05) is 24.2 Å². The van der Waals surface area contributed by atoms with E-state index in [2.05, 4.69) is 28.6 Å². The third-order valence-electron chi connectivity index (χ3n) is 5.64. The molecule has 0 saturated heterocycles. The summed E-state index contributed by atoms with van der Waals surface area (Å²) in [5.74, 6) is 1.13. The number of pyridine rings is 1. The molecule has 2 amide bonds. The monoisotopic (exact) mass is 418 g/mol. The lowest BCUT2D eigenvalue weighted by Crippen LogP contribution is -2.28. The zero-order valence-corrected chi connectivity index (χ0v) is 17.9. The molecule has 1 atom stereocenters. The smallest absolute Gasteiger partial charge is 0.246 e. The molecule has 1 aromatic carbocycles. The standard InChI is InChI=1S/C24H26N4O3/c1-4-17-18-7-5-6-8-20(18)31-23(17)15(2)28(3)22(30)10-9-16-13-19-24(26-14-16)27-21(29)11-12-25-19/h5-10,13-15,25H,4,11-12H2,1-3H3,(H,26,27,29)/b10-9+/t15-/m1/s1. The Morgan fingerprint density at radius 2 is 2.16 bits per heavy atom. The minimum atomic E-state index is -0.207. The summed E-state index contributed by atoms with van der Waals surface area (Å²) < 4.78 is 6.10. The number of carbonyl (C=O) groups excluding carboxylic acids is 2. The summed E-state index contributed by atoms with van der Waals surface area (Å²) in [4.78, 5) is 30.4. The second-order valence-electron chi connectivity index (χ2n) is 7.64. The Balaban J connectivity index is 1.52. The molecular weight excluding hydrogens is 392 g/mol. The topological polar surface area (TPSA) is 87.5 Å². The van der Waals surface area contributed by atoms with Gasteiger partial charge >= 0.3 is 0 Å². The second-order valence-corrected chi connectivity index (χ2v) is 7.64. The number of amides is 2. The Kier molecular flexibility index (Phi) is 5.75. The van der Waals surface area contributed by atoms with Crippen molar-refractivity contribution >= 4 is 40.4 Å². The van der Waals surface area contributed by atoms with Crippen LogP contribution < -0.4 is 10.6 Å². The number of benzene rings is 1. The Morgan fingerprint density at radius 3 is 2.97 bits per heavy atom. The minimum absolute atomic E-state index is 0.0649. The number of rotatable bonds is 5. The molecule has 0 unspecified atom stereocenters. The van der Waals surface area contributed by atoms with Crippen LogP contribution in [0.5, 0.6) is 0 Å². The highest BCUT2D eigenvalue weighted by molar-refractivity contribution is 5.95. The van der Waals surface area contributed by atoms with Crippen molar-refractivity contribution in [2.24, 2.45) is 0 Å². The molecule has 0 bridgehead atoms. The van der Waals surface area contributed by atoms with Crippen molar-refractivity contribution in [3.8, 4) is 0 Å². The lowest BCUT2D eigenvalue weighted by Gasteiger charge is -2.23. The number of carbonyl (C=O) groups is 2. The highest BCUT2D eigenvalue weighted by Crippen LogP contribution is 2.33. The SMILES string of the molecule is CCc1c([C@@H](C)N(C)C(=O)/C=C/c2cnc3c(c2)NCCC(=O)N3)oc2ccccc12. The number of aromatic nitrogens is 1.